The summed E-state index contributed by atoms with van der Waals surface area (Å²) >= 11 is 12.1. The van der Waals surface area contributed by atoms with Gasteiger partial charge in [0.25, 0.3) is 0 Å². The second-order valence-corrected chi connectivity index (χ2v) is 6.03. The van der Waals surface area contributed by atoms with E-state index in [1.165, 1.54) is 6.07 Å². The molecular formula is C15H21Cl4FN2. The minimum Gasteiger partial charge on any atom is -0.314 e. The van der Waals surface area contributed by atoms with E-state index in [-0.39, 0.29) is 35.9 Å². The fourth-order valence-electron chi connectivity index (χ4n) is 2.59. The number of rotatable bonds is 4. The van der Waals surface area contributed by atoms with Gasteiger partial charge in [0, 0.05) is 42.8 Å². The van der Waals surface area contributed by atoms with E-state index in [0.29, 0.717) is 17.0 Å². The standard InChI is InChI=1S/C15H19Cl2FN2.2ClH/c1-10(2)9-13(20-7-5-19-6-8-20)14-11(16)3-4-12(17)15(14)18;;/h3-4,13,19H,1,5-9H2,2H3;2*1H/t13-;;/m0../s1. The van der Waals surface area contributed by atoms with Crippen LogP contribution in [0.4, 0.5) is 4.39 Å². The summed E-state index contributed by atoms with van der Waals surface area (Å²) in [5.41, 5.74) is 1.49. The average Bonchev–Trinajstić information content (AvgIpc) is 2.43. The molecule has 0 spiro atoms. The minimum absolute atomic E-state index is 0. The van der Waals surface area contributed by atoms with Gasteiger partial charge in [0.1, 0.15) is 5.82 Å². The van der Waals surface area contributed by atoms with Crippen molar-refractivity contribution in [2.45, 2.75) is 19.4 Å². The fourth-order valence-corrected chi connectivity index (χ4v) is 3.02. The Hall–Kier alpha value is -0.0300. The summed E-state index contributed by atoms with van der Waals surface area (Å²) < 4.78 is 14.4. The van der Waals surface area contributed by atoms with Crippen LogP contribution in [0, 0.1) is 5.82 Å². The van der Waals surface area contributed by atoms with Gasteiger partial charge >= 0.3 is 0 Å². The van der Waals surface area contributed by atoms with Crippen molar-refractivity contribution in [3.05, 3.63) is 45.7 Å². The van der Waals surface area contributed by atoms with Gasteiger partial charge in [0.05, 0.1) is 5.02 Å². The van der Waals surface area contributed by atoms with E-state index in [9.17, 15) is 4.39 Å². The lowest BCUT2D eigenvalue weighted by Gasteiger charge is -2.36. The molecule has 0 aliphatic carbocycles. The maximum absolute atomic E-state index is 14.4. The molecule has 2 nitrogen and oxygen atoms in total. The zero-order chi connectivity index (χ0) is 14.7. The fraction of sp³-hybridized carbons (Fsp3) is 0.467. The first-order chi connectivity index (χ1) is 9.50. The van der Waals surface area contributed by atoms with Gasteiger partial charge < -0.3 is 5.32 Å². The van der Waals surface area contributed by atoms with Crippen LogP contribution in [0.1, 0.15) is 24.9 Å². The van der Waals surface area contributed by atoms with E-state index < -0.39 is 5.82 Å². The first-order valence-electron chi connectivity index (χ1n) is 6.73. The first-order valence-corrected chi connectivity index (χ1v) is 7.49. The molecule has 7 heteroatoms. The third-order valence-corrected chi connectivity index (χ3v) is 4.17. The molecule has 0 aromatic heterocycles. The third kappa shape index (κ3) is 5.26. The molecule has 22 heavy (non-hydrogen) atoms. The van der Waals surface area contributed by atoms with Crippen LogP contribution in [0.3, 0.4) is 0 Å². The van der Waals surface area contributed by atoms with E-state index in [1.54, 1.807) is 6.07 Å². The second kappa shape index (κ2) is 9.96. The number of piperazine rings is 1. The van der Waals surface area contributed by atoms with Gasteiger partial charge in [0.2, 0.25) is 0 Å². The van der Waals surface area contributed by atoms with Gasteiger partial charge in [-0.3, -0.25) is 4.90 Å². The molecule has 1 heterocycles. The summed E-state index contributed by atoms with van der Waals surface area (Å²) in [5.74, 6) is -0.413. The molecule has 2 rings (SSSR count). The average molecular weight is 390 g/mol. The van der Waals surface area contributed by atoms with E-state index in [1.807, 2.05) is 6.92 Å². The summed E-state index contributed by atoms with van der Waals surface area (Å²) in [4.78, 5) is 2.24. The Morgan fingerprint density at radius 1 is 1.27 bits per heavy atom. The van der Waals surface area contributed by atoms with Crippen molar-refractivity contribution in [3.8, 4) is 0 Å². The van der Waals surface area contributed by atoms with Crippen LogP contribution in [0.5, 0.6) is 0 Å². The molecule has 0 saturated carbocycles. The van der Waals surface area contributed by atoms with E-state index in [2.05, 4.69) is 16.8 Å². The van der Waals surface area contributed by atoms with Crippen LogP contribution >= 0.6 is 48.0 Å². The Kier molecular flexibility index (Phi) is 9.95. The van der Waals surface area contributed by atoms with Crippen molar-refractivity contribution in [3.63, 3.8) is 0 Å². The van der Waals surface area contributed by atoms with Crippen molar-refractivity contribution in [2.24, 2.45) is 0 Å². The number of hydrogen-bond donors (Lipinski definition) is 1. The van der Waals surface area contributed by atoms with Crippen molar-refractivity contribution >= 4 is 48.0 Å². The first kappa shape index (κ1) is 22.0. The Morgan fingerprint density at radius 2 is 1.82 bits per heavy atom. The number of nitrogens with zero attached hydrogens (tertiary/aromatic N) is 1. The van der Waals surface area contributed by atoms with Gasteiger partial charge in [0.15, 0.2) is 0 Å². The number of halogens is 5. The van der Waals surface area contributed by atoms with Crippen molar-refractivity contribution < 1.29 is 4.39 Å². The highest BCUT2D eigenvalue weighted by molar-refractivity contribution is 6.33. The van der Waals surface area contributed by atoms with Crippen molar-refractivity contribution in [2.75, 3.05) is 26.2 Å². The van der Waals surface area contributed by atoms with Crippen LogP contribution < -0.4 is 5.32 Å². The number of hydrogen-bond acceptors (Lipinski definition) is 2. The van der Waals surface area contributed by atoms with E-state index >= 15 is 0 Å². The van der Waals surface area contributed by atoms with Gasteiger partial charge in [-0.15, -0.1) is 31.4 Å². The SMILES string of the molecule is C=C(C)C[C@@H](c1c(Cl)ccc(Cl)c1F)N1CCNCC1.Cl.Cl. The molecule has 1 fully saturated rings. The summed E-state index contributed by atoms with van der Waals surface area (Å²) in [5, 5.41) is 3.84. The highest BCUT2D eigenvalue weighted by atomic mass is 35.5. The topological polar surface area (TPSA) is 15.3 Å². The molecule has 1 aromatic carbocycles. The van der Waals surface area contributed by atoms with E-state index in [4.69, 9.17) is 23.2 Å². The lowest BCUT2D eigenvalue weighted by atomic mass is 9.97. The van der Waals surface area contributed by atoms with Crippen LogP contribution in [-0.2, 0) is 0 Å². The predicted molar refractivity (Wildman–Crippen MR) is 97.5 cm³/mol. The zero-order valence-corrected chi connectivity index (χ0v) is 15.5. The molecule has 0 unspecified atom stereocenters. The molecule has 1 aliphatic heterocycles. The van der Waals surface area contributed by atoms with Gasteiger partial charge in [-0.05, 0) is 25.5 Å². The lowest BCUT2D eigenvalue weighted by Crippen LogP contribution is -2.45. The predicted octanol–water partition coefficient (Wildman–Crippen LogP) is 4.89. The van der Waals surface area contributed by atoms with Crippen LogP contribution in [0.2, 0.25) is 10.0 Å². The monoisotopic (exact) mass is 388 g/mol. The number of benzene rings is 1. The highest BCUT2D eigenvalue weighted by Gasteiger charge is 2.27. The van der Waals surface area contributed by atoms with Crippen molar-refractivity contribution in [1.29, 1.82) is 0 Å². The molecule has 0 amide bonds. The van der Waals surface area contributed by atoms with E-state index in [0.717, 1.165) is 31.8 Å². The normalized spacial score (nSPS) is 16.4. The lowest BCUT2D eigenvalue weighted by molar-refractivity contribution is 0.169. The number of nitrogens with one attached hydrogen (secondary N) is 1. The highest BCUT2D eigenvalue weighted by Crippen LogP contribution is 2.36. The molecular weight excluding hydrogens is 369 g/mol. The van der Waals surface area contributed by atoms with Gasteiger partial charge in [-0.2, -0.15) is 0 Å². The van der Waals surface area contributed by atoms with Crippen LogP contribution in [0.15, 0.2) is 24.3 Å². The zero-order valence-electron chi connectivity index (χ0n) is 12.4. The van der Waals surface area contributed by atoms with Gasteiger partial charge in [-0.25, -0.2) is 4.39 Å². The quantitative estimate of drug-likeness (QED) is 0.582. The summed E-state index contributed by atoms with van der Waals surface area (Å²) in [6.07, 6.45) is 0.678. The summed E-state index contributed by atoms with van der Waals surface area (Å²) in [7, 11) is 0. The van der Waals surface area contributed by atoms with Crippen LogP contribution in [0.25, 0.3) is 0 Å². The largest absolute Gasteiger partial charge is 0.314 e. The Morgan fingerprint density at radius 3 is 2.36 bits per heavy atom. The molecule has 1 aliphatic rings. The Balaban J connectivity index is 0.00000220. The smallest absolute Gasteiger partial charge is 0.148 e. The van der Waals surface area contributed by atoms with Gasteiger partial charge in [-0.1, -0.05) is 28.8 Å². The second-order valence-electron chi connectivity index (χ2n) is 5.22. The third-order valence-electron chi connectivity index (χ3n) is 3.55. The Labute approximate surface area is 153 Å². The molecule has 126 valence electrons. The molecule has 0 radical (unpaired) electrons. The van der Waals surface area contributed by atoms with Crippen molar-refractivity contribution in [1.82, 2.24) is 10.2 Å². The molecule has 1 atom stereocenters. The molecule has 1 aromatic rings. The molecule has 1 N–H and O–H groups in total. The minimum atomic E-state index is -0.413. The molecule has 0 bridgehead atoms. The maximum Gasteiger partial charge on any atom is 0.148 e. The molecule has 1 saturated heterocycles. The maximum atomic E-state index is 14.4. The summed E-state index contributed by atoms with van der Waals surface area (Å²) in [6.45, 7) is 9.42. The Bertz CT molecular complexity index is 505. The summed E-state index contributed by atoms with van der Waals surface area (Å²) in [6, 6.07) is 3.05. The van der Waals surface area contributed by atoms with Crippen LogP contribution in [-0.4, -0.2) is 31.1 Å².